The molecule has 5 nitrogen and oxygen atoms in total. The highest BCUT2D eigenvalue weighted by molar-refractivity contribution is 7.99. The molecule has 0 bridgehead atoms. The fraction of sp³-hybridized carbons (Fsp3) is 0.368. The van der Waals surface area contributed by atoms with Gasteiger partial charge >= 0.3 is 0 Å². The van der Waals surface area contributed by atoms with Crippen LogP contribution in [0, 0.1) is 6.92 Å². The van der Waals surface area contributed by atoms with E-state index in [9.17, 15) is 0 Å². The first-order valence-electron chi connectivity index (χ1n) is 8.74. The number of hydrogen-bond acceptors (Lipinski definition) is 5. The molecular formula is C19H24ClN5S. The Bertz CT molecular complexity index is 906. The normalized spacial score (nSPS) is 11.6. The Morgan fingerprint density at radius 3 is 2.85 bits per heavy atom. The topological polar surface area (TPSA) is 68.8 Å². The summed E-state index contributed by atoms with van der Waals surface area (Å²) in [6.45, 7) is 8.14. The molecule has 0 fully saturated rings. The maximum absolute atomic E-state index is 6.42. The standard InChI is InChI=1S/C19H24ClN5S/c1-12(2)22-8-4-10-25-15-7-9-23-18(21)17(15)24-19(25)26-16-6-5-13(3)11-14(16)20/h5-7,9,11-12,22H,4,8,10H2,1-3H3,(H2,21,23). The van der Waals surface area contributed by atoms with E-state index in [2.05, 4.69) is 34.8 Å². The minimum Gasteiger partial charge on any atom is -0.382 e. The van der Waals surface area contributed by atoms with E-state index in [1.54, 1.807) is 18.0 Å². The number of nitrogen functional groups attached to an aromatic ring is 1. The monoisotopic (exact) mass is 389 g/mol. The third-order valence-electron chi connectivity index (χ3n) is 4.06. The van der Waals surface area contributed by atoms with E-state index in [0.717, 1.165) is 51.2 Å². The van der Waals surface area contributed by atoms with Gasteiger partial charge in [0, 0.05) is 23.7 Å². The molecule has 0 aliphatic heterocycles. The third kappa shape index (κ3) is 4.31. The van der Waals surface area contributed by atoms with Crippen LogP contribution in [0.2, 0.25) is 5.02 Å². The molecule has 0 unspecified atom stereocenters. The summed E-state index contributed by atoms with van der Waals surface area (Å²) in [4.78, 5) is 9.90. The van der Waals surface area contributed by atoms with Crippen LogP contribution in [-0.4, -0.2) is 27.1 Å². The molecule has 2 aromatic heterocycles. The molecular weight excluding hydrogens is 366 g/mol. The summed E-state index contributed by atoms with van der Waals surface area (Å²) in [6, 6.07) is 8.52. The van der Waals surface area contributed by atoms with Crippen molar-refractivity contribution in [1.82, 2.24) is 19.9 Å². The number of fused-ring (bicyclic) bond motifs is 1. The first-order chi connectivity index (χ1) is 12.5. The Hall–Kier alpha value is -1.76. The van der Waals surface area contributed by atoms with Gasteiger partial charge in [0.25, 0.3) is 0 Å². The zero-order valence-electron chi connectivity index (χ0n) is 15.3. The molecule has 26 heavy (non-hydrogen) atoms. The molecule has 2 heterocycles. The number of imidazole rings is 1. The predicted octanol–water partition coefficient (Wildman–Crippen LogP) is 4.51. The number of nitrogens with zero attached hydrogens (tertiary/aromatic N) is 3. The predicted molar refractivity (Wildman–Crippen MR) is 110 cm³/mol. The van der Waals surface area contributed by atoms with Crippen LogP contribution in [0.5, 0.6) is 0 Å². The van der Waals surface area contributed by atoms with E-state index in [1.165, 1.54) is 0 Å². The lowest BCUT2D eigenvalue weighted by atomic mass is 10.2. The third-order valence-corrected chi connectivity index (χ3v) is 5.56. The van der Waals surface area contributed by atoms with E-state index in [1.807, 2.05) is 25.1 Å². The molecule has 3 N–H and O–H groups in total. The Kier molecular flexibility index (Phi) is 6.06. The first-order valence-corrected chi connectivity index (χ1v) is 9.93. The van der Waals surface area contributed by atoms with Crippen molar-refractivity contribution >= 4 is 40.2 Å². The van der Waals surface area contributed by atoms with E-state index < -0.39 is 0 Å². The van der Waals surface area contributed by atoms with Crippen molar-refractivity contribution in [3.05, 3.63) is 41.0 Å². The van der Waals surface area contributed by atoms with Crippen molar-refractivity contribution in [2.75, 3.05) is 12.3 Å². The summed E-state index contributed by atoms with van der Waals surface area (Å²) in [7, 11) is 0. The van der Waals surface area contributed by atoms with E-state index in [0.29, 0.717) is 11.9 Å². The molecule has 0 saturated heterocycles. The van der Waals surface area contributed by atoms with Gasteiger partial charge in [0.1, 0.15) is 5.52 Å². The van der Waals surface area contributed by atoms with Gasteiger partial charge in [-0.3, -0.25) is 0 Å². The summed E-state index contributed by atoms with van der Waals surface area (Å²) in [5.41, 5.74) is 8.93. The molecule has 0 amide bonds. The molecule has 0 atom stereocenters. The number of rotatable bonds is 7. The number of nitrogens with two attached hydrogens (primary N) is 1. The van der Waals surface area contributed by atoms with E-state index >= 15 is 0 Å². The molecule has 0 saturated carbocycles. The number of aromatic nitrogens is 3. The van der Waals surface area contributed by atoms with Gasteiger partial charge in [0.15, 0.2) is 11.0 Å². The molecule has 0 aliphatic carbocycles. The lowest BCUT2D eigenvalue weighted by Gasteiger charge is -2.11. The average Bonchev–Trinajstić information content (AvgIpc) is 2.93. The number of halogens is 1. The average molecular weight is 390 g/mol. The van der Waals surface area contributed by atoms with Gasteiger partial charge in [-0.2, -0.15) is 0 Å². The van der Waals surface area contributed by atoms with Crippen molar-refractivity contribution in [2.24, 2.45) is 0 Å². The fourth-order valence-corrected chi connectivity index (χ4v) is 4.04. The van der Waals surface area contributed by atoms with Gasteiger partial charge in [0.2, 0.25) is 0 Å². The molecule has 7 heteroatoms. The molecule has 3 rings (SSSR count). The summed E-state index contributed by atoms with van der Waals surface area (Å²) in [6.07, 6.45) is 2.73. The zero-order valence-corrected chi connectivity index (χ0v) is 16.9. The summed E-state index contributed by atoms with van der Waals surface area (Å²) in [5.74, 6) is 0.457. The second-order valence-corrected chi connectivity index (χ2v) is 8.02. The van der Waals surface area contributed by atoms with Gasteiger partial charge in [0.05, 0.1) is 10.5 Å². The van der Waals surface area contributed by atoms with Gasteiger partial charge in [-0.1, -0.05) is 43.3 Å². The lowest BCUT2D eigenvalue weighted by Crippen LogP contribution is -2.24. The number of nitrogens with one attached hydrogen (secondary N) is 1. The van der Waals surface area contributed by atoms with Crippen molar-refractivity contribution in [3.8, 4) is 0 Å². The van der Waals surface area contributed by atoms with Crippen LogP contribution < -0.4 is 11.1 Å². The van der Waals surface area contributed by atoms with Crippen LogP contribution in [0.1, 0.15) is 25.8 Å². The van der Waals surface area contributed by atoms with Gasteiger partial charge < -0.3 is 15.6 Å². The Balaban J connectivity index is 1.92. The van der Waals surface area contributed by atoms with Crippen LogP contribution in [0.15, 0.2) is 40.5 Å². The largest absolute Gasteiger partial charge is 0.382 e. The van der Waals surface area contributed by atoms with Crippen molar-refractivity contribution in [3.63, 3.8) is 0 Å². The minimum atomic E-state index is 0.457. The van der Waals surface area contributed by atoms with Crippen molar-refractivity contribution in [1.29, 1.82) is 0 Å². The first kappa shape index (κ1) is 19.0. The van der Waals surface area contributed by atoms with Crippen molar-refractivity contribution in [2.45, 2.75) is 49.8 Å². The van der Waals surface area contributed by atoms with Gasteiger partial charge in [-0.05, 0) is 43.7 Å². The maximum Gasteiger partial charge on any atom is 0.174 e. The van der Waals surface area contributed by atoms with Crippen LogP contribution in [0.3, 0.4) is 0 Å². The van der Waals surface area contributed by atoms with Crippen LogP contribution in [0.4, 0.5) is 5.82 Å². The summed E-state index contributed by atoms with van der Waals surface area (Å²) in [5, 5.41) is 5.07. The van der Waals surface area contributed by atoms with Gasteiger partial charge in [-0.25, -0.2) is 9.97 Å². The van der Waals surface area contributed by atoms with E-state index in [-0.39, 0.29) is 0 Å². The highest BCUT2D eigenvalue weighted by atomic mass is 35.5. The Labute approximate surface area is 163 Å². The molecule has 0 radical (unpaired) electrons. The molecule has 0 spiro atoms. The highest BCUT2D eigenvalue weighted by Gasteiger charge is 2.15. The van der Waals surface area contributed by atoms with E-state index in [4.69, 9.17) is 22.3 Å². The second-order valence-electron chi connectivity index (χ2n) is 6.61. The SMILES string of the molecule is Cc1ccc(Sc2nc3c(N)nccc3n2CCCNC(C)C)c(Cl)c1. The Morgan fingerprint density at radius 1 is 1.31 bits per heavy atom. The van der Waals surface area contributed by atoms with Gasteiger partial charge in [-0.15, -0.1) is 0 Å². The summed E-state index contributed by atoms with van der Waals surface area (Å²) < 4.78 is 2.20. The quantitative estimate of drug-likeness (QED) is 0.581. The molecule has 0 aliphatic rings. The zero-order chi connectivity index (χ0) is 18.7. The highest BCUT2D eigenvalue weighted by Crippen LogP contribution is 2.35. The van der Waals surface area contributed by atoms with Crippen LogP contribution in [0.25, 0.3) is 11.0 Å². The molecule has 138 valence electrons. The maximum atomic E-state index is 6.42. The van der Waals surface area contributed by atoms with Crippen LogP contribution >= 0.6 is 23.4 Å². The van der Waals surface area contributed by atoms with Crippen LogP contribution in [-0.2, 0) is 6.54 Å². The molecule has 3 aromatic rings. The number of hydrogen-bond donors (Lipinski definition) is 2. The minimum absolute atomic E-state index is 0.457. The second kappa shape index (κ2) is 8.29. The number of aryl methyl sites for hydroxylation is 2. The number of benzene rings is 1. The number of anilines is 1. The summed E-state index contributed by atoms with van der Waals surface area (Å²) >= 11 is 7.98. The smallest absolute Gasteiger partial charge is 0.174 e. The fourth-order valence-electron chi connectivity index (χ4n) is 2.76. The molecule has 1 aromatic carbocycles. The number of pyridine rings is 1. The Morgan fingerprint density at radius 2 is 2.12 bits per heavy atom. The van der Waals surface area contributed by atoms with Crippen molar-refractivity contribution < 1.29 is 0 Å². The lowest BCUT2D eigenvalue weighted by molar-refractivity contribution is 0.526.